The summed E-state index contributed by atoms with van der Waals surface area (Å²) in [6.45, 7) is 0. The molecule has 0 aliphatic carbocycles. The van der Waals surface area contributed by atoms with Gasteiger partial charge in [0.2, 0.25) is 5.95 Å². The molecule has 1 N–H and O–H groups in total. The number of nitrogens with one attached hydrogen (secondary N) is 1. The molecule has 26 heavy (non-hydrogen) atoms. The lowest BCUT2D eigenvalue weighted by atomic mass is 10.1. The summed E-state index contributed by atoms with van der Waals surface area (Å²) in [4.78, 5) is 8.24. The van der Waals surface area contributed by atoms with E-state index in [2.05, 4.69) is 15.3 Å². The summed E-state index contributed by atoms with van der Waals surface area (Å²) in [7, 11) is 1.40. The Bertz CT molecular complexity index is 921. The Kier molecular flexibility index (Phi) is 5.68. The van der Waals surface area contributed by atoms with Crippen LogP contribution < -0.4 is 10.1 Å². The molecule has 1 aromatic heterocycles. The van der Waals surface area contributed by atoms with Crippen LogP contribution in [0, 0.1) is 11.6 Å². The van der Waals surface area contributed by atoms with Crippen LogP contribution in [0.15, 0.2) is 48.7 Å². The van der Waals surface area contributed by atoms with Gasteiger partial charge in [-0.3, -0.25) is 0 Å². The van der Waals surface area contributed by atoms with E-state index in [0.717, 1.165) is 23.2 Å². The molecule has 3 rings (SSSR count). The third-order valence-corrected chi connectivity index (χ3v) is 4.28. The van der Waals surface area contributed by atoms with Gasteiger partial charge in [-0.2, -0.15) is 11.8 Å². The van der Waals surface area contributed by atoms with E-state index in [-0.39, 0.29) is 17.4 Å². The van der Waals surface area contributed by atoms with Crippen LogP contribution in [-0.2, 0) is 5.75 Å². The van der Waals surface area contributed by atoms with Gasteiger partial charge in [0.05, 0.1) is 13.3 Å². The molecule has 2 aromatic carbocycles. The van der Waals surface area contributed by atoms with E-state index in [1.807, 2.05) is 30.5 Å². The normalized spacial score (nSPS) is 10.6. The highest BCUT2D eigenvalue weighted by Crippen LogP contribution is 2.31. The van der Waals surface area contributed by atoms with Gasteiger partial charge < -0.3 is 10.1 Å². The Labute approximate surface area is 154 Å². The third kappa shape index (κ3) is 4.11. The van der Waals surface area contributed by atoms with Crippen molar-refractivity contribution in [3.8, 4) is 17.0 Å². The lowest BCUT2D eigenvalue weighted by molar-refractivity contribution is 0.412. The molecule has 0 fully saturated rings. The Hall–Kier alpha value is -2.67. The number of hydrogen-bond donors (Lipinski definition) is 1. The number of nitrogens with zero attached hydrogens (tertiary/aromatic N) is 2. The molecule has 0 aliphatic heterocycles. The summed E-state index contributed by atoms with van der Waals surface area (Å²) in [5, 5.41) is 3.08. The van der Waals surface area contributed by atoms with Crippen LogP contribution in [0.3, 0.4) is 0 Å². The summed E-state index contributed by atoms with van der Waals surface area (Å²) in [6, 6.07) is 11.7. The zero-order valence-electron chi connectivity index (χ0n) is 14.3. The number of rotatable bonds is 6. The first-order valence-corrected chi connectivity index (χ1v) is 9.21. The molecule has 0 bridgehead atoms. The van der Waals surface area contributed by atoms with Crippen molar-refractivity contribution >= 4 is 23.4 Å². The van der Waals surface area contributed by atoms with Gasteiger partial charge >= 0.3 is 0 Å². The summed E-state index contributed by atoms with van der Waals surface area (Å²) >= 11 is 1.72. The van der Waals surface area contributed by atoms with E-state index in [1.54, 1.807) is 11.8 Å². The van der Waals surface area contributed by atoms with Gasteiger partial charge in [0, 0.05) is 23.1 Å². The summed E-state index contributed by atoms with van der Waals surface area (Å²) in [6.07, 6.45) is 3.12. The fraction of sp³-hybridized carbons (Fsp3) is 0.158. The first kappa shape index (κ1) is 18.1. The van der Waals surface area contributed by atoms with Crippen LogP contribution in [0.4, 0.5) is 20.4 Å². The topological polar surface area (TPSA) is 47.0 Å². The minimum Gasteiger partial charge on any atom is -0.496 e. The van der Waals surface area contributed by atoms with Gasteiger partial charge in [-0.25, -0.2) is 18.7 Å². The van der Waals surface area contributed by atoms with Gasteiger partial charge in [0.1, 0.15) is 17.3 Å². The van der Waals surface area contributed by atoms with Gasteiger partial charge in [-0.05, 0) is 36.1 Å². The molecule has 0 unspecified atom stereocenters. The average Bonchev–Trinajstić information content (AvgIpc) is 2.64. The second-order valence-corrected chi connectivity index (χ2v) is 6.36. The van der Waals surface area contributed by atoms with E-state index >= 15 is 0 Å². The van der Waals surface area contributed by atoms with Gasteiger partial charge in [-0.1, -0.05) is 12.1 Å². The highest BCUT2D eigenvalue weighted by Gasteiger charge is 2.15. The molecular formula is C19H17F2N3OS. The molecule has 1 heterocycles. The minimum absolute atomic E-state index is 0.0413. The number of thioether (sulfide) groups is 1. The Morgan fingerprint density at radius 1 is 1.15 bits per heavy atom. The van der Waals surface area contributed by atoms with E-state index in [0.29, 0.717) is 5.56 Å². The molecule has 0 amide bonds. The Balaban J connectivity index is 1.95. The number of ether oxygens (including phenoxy) is 1. The Morgan fingerprint density at radius 2 is 2.00 bits per heavy atom. The molecule has 134 valence electrons. The maximum absolute atomic E-state index is 14.3. The minimum atomic E-state index is -0.614. The molecule has 0 saturated carbocycles. The highest BCUT2D eigenvalue weighted by atomic mass is 32.2. The molecule has 3 aromatic rings. The summed E-state index contributed by atoms with van der Waals surface area (Å²) < 4.78 is 32.8. The molecule has 0 atom stereocenters. The van der Waals surface area contributed by atoms with Crippen LogP contribution in [0.2, 0.25) is 0 Å². The van der Waals surface area contributed by atoms with E-state index in [4.69, 9.17) is 4.74 Å². The molecule has 0 aliphatic rings. The van der Waals surface area contributed by atoms with Gasteiger partial charge in [0.25, 0.3) is 0 Å². The SMILES string of the molecule is COc1cc(F)ccc1-c1nc(Nc2cccc(CSC)c2)ncc1F. The molecule has 0 saturated heterocycles. The predicted octanol–water partition coefficient (Wildman–Crippen LogP) is 5.04. The fourth-order valence-electron chi connectivity index (χ4n) is 2.51. The molecule has 0 spiro atoms. The number of aromatic nitrogens is 2. The van der Waals surface area contributed by atoms with Gasteiger partial charge in [0.15, 0.2) is 5.82 Å². The molecule has 4 nitrogen and oxygen atoms in total. The van der Waals surface area contributed by atoms with Crippen molar-refractivity contribution in [2.45, 2.75) is 5.75 Å². The van der Waals surface area contributed by atoms with E-state index in [1.165, 1.54) is 25.3 Å². The van der Waals surface area contributed by atoms with Crippen molar-refractivity contribution in [1.82, 2.24) is 9.97 Å². The highest BCUT2D eigenvalue weighted by molar-refractivity contribution is 7.97. The number of hydrogen-bond acceptors (Lipinski definition) is 5. The first-order chi connectivity index (χ1) is 12.6. The maximum Gasteiger partial charge on any atom is 0.227 e. The second-order valence-electron chi connectivity index (χ2n) is 5.49. The lowest BCUT2D eigenvalue weighted by Gasteiger charge is -2.11. The number of anilines is 2. The number of methoxy groups -OCH3 is 1. The van der Waals surface area contributed by atoms with Crippen LogP contribution in [-0.4, -0.2) is 23.3 Å². The van der Waals surface area contributed by atoms with Crippen molar-refractivity contribution in [2.75, 3.05) is 18.7 Å². The summed E-state index contributed by atoms with van der Waals surface area (Å²) in [5.41, 5.74) is 2.36. The van der Waals surface area contributed by atoms with Crippen LogP contribution in [0.1, 0.15) is 5.56 Å². The predicted molar refractivity (Wildman–Crippen MR) is 101 cm³/mol. The second kappa shape index (κ2) is 8.14. The monoisotopic (exact) mass is 373 g/mol. The van der Waals surface area contributed by atoms with Crippen molar-refractivity contribution in [2.24, 2.45) is 0 Å². The Morgan fingerprint density at radius 3 is 2.77 bits per heavy atom. The first-order valence-electron chi connectivity index (χ1n) is 7.82. The molecular weight excluding hydrogens is 356 g/mol. The molecule has 7 heteroatoms. The standard InChI is InChI=1S/C19H17F2N3OS/c1-25-17-9-13(20)6-7-15(17)18-16(21)10-22-19(24-18)23-14-5-3-4-12(8-14)11-26-2/h3-10H,11H2,1-2H3,(H,22,23,24). The van der Waals surface area contributed by atoms with Gasteiger partial charge in [-0.15, -0.1) is 0 Å². The van der Waals surface area contributed by atoms with E-state index in [9.17, 15) is 8.78 Å². The quantitative estimate of drug-likeness (QED) is 0.656. The smallest absolute Gasteiger partial charge is 0.227 e. The van der Waals surface area contributed by atoms with Crippen molar-refractivity contribution in [3.05, 3.63) is 65.9 Å². The van der Waals surface area contributed by atoms with Crippen molar-refractivity contribution in [1.29, 1.82) is 0 Å². The van der Waals surface area contributed by atoms with Crippen LogP contribution in [0.5, 0.6) is 5.75 Å². The number of halogens is 2. The van der Waals surface area contributed by atoms with Crippen molar-refractivity contribution in [3.63, 3.8) is 0 Å². The molecule has 0 radical (unpaired) electrons. The lowest BCUT2D eigenvalue weighted by Crippen LogP contribution is -2.02. The van der Waals surface area contributed by atoms with Crippen LogP contribution >= 0.6 is 11.8 Å². The van der Waals surface area contributed by atoms with Crippen LogP contribution in [0.25, 0.3) is 11.3 Å². The zero-order chi connectivity index (χ0) is 18.5. The largest absolute Gasteiger partial charge is 0.496 e. The van der Waals surface area contributed by atoms with Crippen molar-refractivity contribution < 1.29 is 13.5 Å². The average molecular weight is 373 g/mol. The number of benzene rings is 2. The fourth-order valence-corrected chi connectivity index (χ4v) is 3.02. The summed E-state index contributed by atoms with van der Waals surface area (Å²) in [5.74, 6) is 0.253. The zero-order valence-corrected chi connectivity index (χ0v) is 15.1. The maximum atomic E-state index is 14.3. The van der Waals surface area contributed by atoms with E-state index < -0.39 is 11.6 Å². The third-order valence-electron chi connectivity index (χ3n) is 3.66.